The Balaban J connectivity index is 3.21. The molecule has 2 N–H and O–H groups in total. The van der Waals surface area contributed by atoms with Gasteiger partial charge in [-0.25, -0.2) is 0 Å². The van der Waals surface area contributed by atoms with Gasteiger partial charge in [0.25, 0.3) is 0 Å². The first-order valence-corrected chi connectivity index (χ1v) is 9.50. The Bertz CT molecular complexity index is 449. The number of nitrogen functional groups attached to an aromatic ring is 1. The summed E-state index contributed by atoms with van der Waals surface area (Å²) in [4.78, 5) is 0. The van der Waals surface area contributed by atoms with Crippen LogP contribution in [0.4, 0.5) is 5.69 Å². The Hall–Kier alpha value is -0.853. The van der Waals surface area contributed by atoms with Crippen LogP contribution in [0.25, 0.3) is 0 Å². The van der Waals surface area contributed by atoms with Gasteiger partial charge in [-0.2, -0.15) is 12.6 Å². The average molecular weight is 249 g/mol. The highest BCUT2D eigenvalue weighted by Crippen LogP contribution is 2.19. The minimum Gasteiger partial charge on any atom is -0.398 e. The molecular weight excluding hydrogens is 230 g/mol. The lowest BCUT2D eigenvalue weighted by molar-refractivity contribution is 1.35. The Labute approximate surface area is 105 Å². The summed E-state index contributed by atoms with van der Waals surface area (Å²) in [5, 5.41) is 0. The number of benzene rings is 1. The van der Waals surface area contributed by atoms with Crippen molar-refractivity contribution in [3.05, 3.63) is 28.8 Å². The molecule has 0 aromatic heterocycles. The molecule has 0 saturated carbocycles. The van der Waals surface area contributed by atoms with Crippen LogP contribution in [0.1, 0.15) is 16.7 Å². The van der Waals surface area contributed by atoms with Crippen molar-refractivity contribution in [3.63, 3.8) is 0 Å². The van der Waals surface area contributed by atoms with Crippen molar-refractivity contribution in [2.45, 2.75) is 32.3 Å². The largest absolute Gasteiger partial charge is 0.398 e. The van der Waals surface area contributed by atoms with Crippen molar-refractivity contribution in [3.8, 4) is 11.5 Å². The molecule has 1 aromatic carbocycles. The number of thiol groups is 1. The van der Waals surface area contributed by atoms with Crippen LogP contribution in [0.3, 0.4) is 0 Å². The maximum absolute atomic E-state index is 5.95. The van der Waals surface area contributed by atoms with E-state index in [0.717, 1.165) is 22.4 Å². The fourth-order valence-corrected chi connectivity index (χ4v) is 1.97. The Morgan fingerprint density at radius 2 is 1.94 bits per heavy atom. The van der Waals surface area contributed by atoms with E-state index in [-0.39, 0.29) is 0 Å². The molecule has 1 aromatic rings. The summed E-state index contributed by atoms with van der Waals surface area (Å²) in [6.07, 6.45) is 0. The molecular formula is C13H19NSSi. The lowest BCUT2D eigenvalue weighted by Crippen LogP contribution is -2.16. The molecule has 0 fully saturated rings. The van der Waals surface area contributed by atoms with E-state index in [2.05, 4.69) is 49.8 Å². The fraction of sp³-hybridized carbons (Fsp3) is 0.385. The van der Waals surface area contributed by atoms with Crippen molar-refractivity contribution in [1.82, 2.24) is 0 Å². The minimum absolute atomic E-state index is 0.701. The summed E-state index contributed by atoms with van der Waals surface area (Å²) in [6.45, 7) is 8.73. The Kier molecular flexibility index (Phi) is 4.12. The van der Waals surface area contributed by atoms with Crippen LogP contribution in [0, 0.1) is 18.4 Å². The first kappa shape index (κ1) is 13.2. The Morgan fingerprint density at radius 1 is 1.31 bits per heavy atom. The van der Waals surface area contributed by atoms with Gasteiger partial charge in [-0.15, -0.1) is 5.54 Å². The molecule has 0 aliphatic rings. The predicted octanol–water partition coefficient (Wildman–Crippen LogP) is 3.24. The lowest BCUT2D eigenvalue weighted by atomic mass is 10.0. The normalized spacial score (nSPS) is 10.8. The lowest BCUT2D eigenvalue weighted by Gasteiger charge is -2.08. The van der Waals surface area contributed by atoms with Crippen molar-refractivity contribution in [2.75, 3.05) is 5.73 Å². The monoisotopic (exact) mass is 249 g/mol. The van der Waals surface area contributed by atoms with Gasteiger partial charge in [0.2, 0.25) is 0 Å². The van der Waals surface area contributed by atoms with Gasteiger partial charge in [-0.1, -0.05) is 25.6 Å². The summed E-state index contributed by atoms with van der Waals surface area (Å²) in [5.74, 6) is 3.97. The summed E-state index contributed by atoms with van der Waals surface area (Å²) in [7, 11) is -1.33. The van der Waals surface area contributed by atoms with Crippen LogP contribution in [-0.4, -0.2) is 8.07 Å². The van der Waals surface area contributed by atoms with E-state index in [0.29, 0.717) is 5.75 Å². The minimum atomic E-state index is -1.33. The van der Waals surface area contributed by atoms with E-state index >= 15 is 0 Å². The highest BCUT2D eigenvalue weighted by atomic mass is 32.1. The predicted molar refractivity (Wildman–Crippen MR) is 78.5 cm³/mol. The van der Waals surface area contributed by atoms with Gasteiger partial charge in [0.15, 0.2) is 0 Å². The van der Waals surface area contributed by atoms with E-state index in [1.807, 2.05) is 13.0 Å². The zero-order valence-electron chi connectivity index (χ0n) is 10.4. The molecule has 0 unspecified atom stereocenters. The number of rotatable bonds is 1. The molecule has 0 atom stereocenters. The molecule has 0 bridgehead atoms. The first-order chi connectivity index (χ1) is 7.33. The van der Waals surface area contributed by atoms with Gasteiger partial charge < -0.3 is 5.73 Å². The van der Waals surface area contributed by atoms with E-state index in [1.165, 1.54) is 0 Å². The van der Waals surface area contributed by atoms with Crippen LogP contribution in [0.2, 0.25) is 19.6 Å². The topological polar surface area (TPSA) is 26.0 Å². The second-order valence-electron chi connectivity index (χ2n) is 5.02. The van der Waals surface area contributed by atoms with Gasteiger partial charge >= 0.3 is 0 Å². The number of anilines is 1. The molecule has 0 spiro atoms. The van der Waals surface area contributed by atoms with Crippen molar-refractivity contribution < 1.29 is 0 Å². The summed E-state index contributed by atoms with van der Waals surface area (Å²) in [5.41, 5.74) is 13.4. The third-order valence-electron chi connectivity index (χ3n) is 2.26. The summed E-state index contributed by atoms with van der Waals surface area (Å²) in [6, 6.07) is 4.06. The Morgan fingerprint density at radius 3 is 2.44 bits per heavy atom. The molecule has 16 heavy (non-hydrogen) atoms. The van der Waals surface area contributed by atoms with E-state index in [9.17, 15) is 0 Å². The van der Waals surface area contributed by atoms with E-state index in [1.54, 1.807) is 0 Å². The van der Waals surface area contributed by atoms with Crippen molar-refractivity contribution in [1.29, 1.82) is 0 Å². The second-order valence-corrected chi connectivity index (χ2v) is 10.1. The number of hydrogen-bond acceptors (Lipinski definition) is 2. The third kappa shape index (κ3) is 3.62. The molecule has 0 radical (unpaired) electrons. The van der Waals surface area contributed by atoms with Gasteiger partial charge in [0.1, 0.15) is 8.07 Å². The van der Waals surface area contributed by atoms with Gasteiger partial charge in [-0.05, 0) is 30.2 Å². The molecule has 86 valence electrons. The summed E-state index contributed by atoms with van der Waals surface area (Å²) < 4.78 is 0. The maximum Gasteiger partial charge on any atom is 0.129 e. The first-order valence-electron chi connectivity index (χ1n) is 5.36. The molecule has 0 saturated heterocycles. The van der Waals surface area contributed by atoms with Gasteiger partial charge in [-0.3, -0.25) is 0 Å². The number of hydrogen-bond donors (Lipinski definition) is 2. The molecule has 0 heterocycles. The number of nitrogens with two attached hydrogens (primary N) is 1. The maximum atomic E-state index is 5.95. The smallest absolute Gasteiger partial charge is 0.129 e. The van der Waals surface area contributed by atoms with Gasteiger partial charge in [0.05, 0.1) is 0 Å². The molecule has 0 aliphatic carbocycles. The van der Waals surface area contributed by atoms with Gasteiger partial charge in [0, 0.05) is 17.0 Å². The quantitative estimate of drug-likeness (QED) is 0.340. The van der Waals surface area contributed by atoms with Crippen molar-refractivity contribution >= 4 is 26.4 Å². The van der Waals surface area contributed by atoms with Crippen LogP contribution in [0.15, 0.2) is 12.1 Å². The third-order valence-corrected chi connectivity index (χ3v) is 3.50. The molecule has 1 rings (SSSR count). The van der Waals surface area contributed by atoms with Crippen LogP contribution in [0.5, 0.6) is 0 Å². The zero-order valence-corrected chi connectivity index (χ0v) is 12.3. The molecule has 1 nitrogen and oxygen atoms in total. The standard InChI is InChI=1S/C13H19NSSi/c1-10-12(5-6-16(2,3)4)7-11(9-15)8-13(10)14/h7-8,15H,9,14H2,1-4H3. The van der Waals surface area contributed by atoms with E-state index in [4.69, 9.17) is 5.73 Å². The van der Waals surface area contributed by atoms with Crippen LogP contribution in [-0.2, 0) is 5.75 Å². The molecule has 3 heteroatoms. The van der Waals surface area contributed by atoms with E-state index < -0.39 is 8.07 Å². The van der Waals surface area contributed by atoms with Crippen LogP contribution < -0.4 is 5.73 Å². The highest BCUT2D eigenvalue weighted by molar-refractivity contribution is 7.79. The molecule has 0 amide bonds. The highest BCUT2D eigenvalue weighted by Gasteiger charge is 2.08. The zero-order chi connectivity index (χ0) is 12.3. The van der Waals surface area contributed by atoms with Crippen LogP contribution >= 0.6 is 12.6 Å². The van der Waals surface area contributed by atoms with Crippen molar-refractivity contribution in [2.24, 2.45) is 0 Å². The second kappa shape index (κ2) is 4.99. The SMILES string of the molecule is Cc1c(N)cc(CS)cc1C#C[Si](C)(C)C. The molecule has 0 aliphatic heterocycles. The fourth-order valence-electron chi connectivity index (χ4n) is 1.27. The average Bonchev–Trinajstić information content (AvgIpc) is 2.18. The summed E-state index contributed by atoms with van der Waals surface area (Å²) >= 11 is 4.27.